The molecular weight excluding hydrogens is 264 g/mol. The van der Waals surface area contributed by atoms with E-state index in [9.17, 15) is 4.79 Å². The van der Waals surface area contributed by atoms with Gasteiger partial charge in [0, 0.05) is 5.56 Å². The molecule has 0 fully saturated rings. The Morgan fingerprint density at radius 3 is 2.62 bits per heavy atom. The molecule has 1 aliphatic rings. The minimum Gasteiger partial charge on any atom is -0.476 e. The standard InChI is InChI=1S/C17H18N2O2/c18-19-17(20)16(13-5-2-1-3-6-13)21-15-10-9-12-7-4-8-14(12)11-15/h1-3,5-6,9-11,16H,4,7-8,18H2,(H,19,20). The maximum Gasteiger partial charge on any atom is 0.279 e. The minimum absolute atomic E-state index is 0.360. The molecule has 108 valence electrons. The molecule has 1 atom stereocenters. The van der Waals surface area contributed by atoms with Gasteiger partial charge in [0.2, 0.25) is 6.10 Å². The van der Waals surface area contributed by atoms with Crippen molar-refractivity contribution in [3.63, 3.8) is 0 Å². The van der Waals surface area contributed by atoms with E-state index in [1.54, 1.807) is 0 Å². The highest BCUT2D eigenvalue weighted by molar-refractivity contribution is 5.82. The van der Waals surface area contributed by atoms with E-state index >= 15 is 0 Å². The topological polar surface area (TPSA) is 64.3 Å². The van der Waals surface area contributed by atoms with Crippen molar-refractivity contribution >= 4 is 5.91 Å². The number of carbonyl (C=O) groups excluding carboxylic acids is 1. The summed E-state index contributed by atoms with van der Waals surface area (Å²) in [6.07, 6.45) is 2.65. The molecule has 0 bridgehead atoms. The van der Waals surface area contributed by atoms with Crippen LogP contribution in [0, 0.1) is 0 Å². The molecule has 2 aromatic rings. The Bertz CT molecular complexity index is 640. The average molecular weight is 282 g/mol. The van der Waals surface area contributed by atoms with Gasteiger partial charge in [0.25, 0.3) is 5.91 Å². The zero-order chi connectivity index (χ0) is 14.7. The molecule has 21 heavy (non-hydrogen) atoms. The second-order valence-corrected chi connectivity index (χ2v) is 5.20. The van der Waals surface area contributed by atoms with Crippen LogP contribution >= 0.6 is 0 Å². The van der Waals surface area contributed by atoms with Gasteiger partial charge in [-0.2, -0.15) is 0 Å². The maximum atomic E-state index is 12.0. The van der Waals surface area contributed by atoms with E-state index in [1.165, 1.54) is 17.5 Å². The Balaban J connectivity index is 1.86. The van der Waals surface area contributed by atoms with Gasteiger partial charge in [0.05, 0.1) is 0 Å². The maximum absolute atomic E-state index is 12.0. The number of ether oxygens (including phenoxy) is 1. The molecule has 4 nitrogen and oxygen atoms in total. The highest BCUT2D eigenvalue weighted by Gasteiger charge is 2.22. The van der Waals surface area contributed by atoms with Crippen LogP contribution in [0.15, 0.2) is 48.5 Å². The predicted octanol–water partition coefficient (Wildman–Crippen LogP) is 2.29. The molecule has 0 saturated heterocycles. The Labute approximate surface area is 123 Å². The van der Waals surface area contributed by atoms with Gasteiger partial charge >= 0.3 is 0 Å². The van der Waals surface area contributed by atoms with Gasteiger partial charge < -0.3 is 4.74 Å². The normalized spacial score (nSPS) is 14.3. The lowest BCUT2D eigenvalue weighted by atomic mass is 10.1. The summed E-state index contributed by atoms with van der Waals surface area (Å²) < 4.78 is 5.89. The predicted molar refractivity (Wildman–Crippen MR) is 80.6 cm³/mol. The molecule has 0 radical (unpaired) electrons. The quantitative estimate of drug-likeness (QED) is 0.514. The molecule has 4 heteroatoms. The largest absolute Gasteiger partial charge is 0.476 e. The molecule has 0 aliphatic heterocycles. The second kappa shape index (κ2) is 5.97. The number of hydrogen-bond donors (Lipinski definition) is 2. The molecule has 0 heterocycles. The zero-order valence-corrected chi connectivity index (χ0v) is 11.7. The van der Waals surface area contributed by atoms with Crippen molar-refractivity contribution in [2.24, 2.45) is 5.84 Å². The lowest BCUT2D eigenvalue weighted by Crippen LogP contribution is -2.37. The van der Waals surface area contributed by atoms with Crippen molar-refractivity contribution in [1.29, 1.82) is 0 Å². The van der Waals surface area contributed by atoms with Crippen LogP contribution in [-0.2, 0) is 17.6 Å². The SMILES string of the molecule is NNC(=O)C(Oc1ccc2c(c1)CCC2)c1ccccc1. The van der Waals surface area contributed by atoms with E-state index < -0.39 is 6.10 Å². The van der Waals surface area contributed by atoms with Gasteiger partial charge in [0.15, 0.2) is 0 Å². The first kappa shape index (κ1) is 13.6. The molecule has 3 N–H and O–H groups in total. The minimum atomic E-state index is -0.740. The van der Waals surface area contributed by atoms with Crippen molar-refractivity contribution in [3.05, 3.63) is 65.2 Å². The molecule has 1 aliphatic carbocycles. The van der Waals surface area contributed by atoms with E-state index in [0.29, 0.717) is 5.75 Å². The fourth-order valence-electron chi connectivity index (χ4n) is 2.73. The molecule has 1 amide bonds. The van der Waals surface area contributed by atoms with Gasteiger partial charge in [-0.3, -0.25) is 10.2 Å². The number of hydrogen-bond acceptors (Lipinski definition) is 3. The Kier molecular flexibility index (Phi) is 3.88. The van der Waals surface area contributed by atoms with Crippen LogP contribution < -0.4 is 16.0 Å². The first-order chi connectivity index (χ1) is 10.3. The van der Waals surface area contributed by atoms with Crippen molar-refractivity contribution < 1.29 is 9.53 Å². The summed E-state index contributed by atoms with van der Waals surface area (Å²) in [7, 11) is 0. The summed E-state index contributed by atoms with van der Waals surface area (Å²) in [5.41, 5.74) is 5.64. The van der Waals surface area contributed by atoms with Gasteiger partial charge in [0.1, 0.15) is 5.75 Å². The van der Waals surface area contributed by atoms with Gasteiger partial charge in [-0.1, -0.05) is 36.4 Å². The number of aryl methyl sites for hydroxylation is 2. The summed E-state index contributed by atoms with van der Waals surface area (Å²) in [6, 6.07) is 15.4. The fourth-order valence-corrected chi connectivity index (χ4v) is 2.73. The zero-order valence-electron chi connectivity index (χ0n) is 11.7. The number of carbonyl (C=O) groups is 1. The third-order valence-corrected chi connectivity index (χ3v) is 3.81. The third-order valence-electron chi connectivity index (χ3n) is 3.81. The van der Waals surface area contributed by atoms with Crippen molar-refractivity contribution in [2.75, 3.05) is 0 Å². The lowest BCUT2D eigenvalue weighted by Gasteiger charge is -2.18. The van der Waals surface area contributed by atoms with Crippen molar-refractivity contribution in [1.82, 2.24) is 5.43 Å². The van der Waals surface area contributed by atoms with Gasteiger partial charge in [-0.05, 0) is 42.5 Å². The van der Waals surface area contributed by atoms with E-state index in [-0.39, 0.29) is 5.91 Å². The number of benzene rings is 2. The number of hydrazine groups is 1. The van der Waals surface area contributed by atoms with Gasteiger partial charge in [-0.25, -0.2) is 5.84 Å². The average Bonchev–Trinajstić information content (AvgIpc) is 3.00. The molecule has 1 unspecified atom stereocenters. The molecular formula is C17H18N2O2. The summed E-state index contributed by atoms with van der Waals surface area (Å²) in [5.74, 6) is 5.62. The lowest BCUT2D eigenvalue weighted by molar-refractivity contribution is -0.128. The third kappa shape index (κ3) is 2.90. The summed E-state index contributed by atoms with van der Waals surface area (Å²) in [5, 5.41) is 0. The van der Waals surface area contributed by atoms with Crippen LogP contribution in [0.5, 0.6) is 5.75 Å². The number of amides is 1. The fraction of sp³-hybridized carbons (Fsp3) is 0.235. The number of nitrogens with one attached hydrogen (secondary N) is 1. The molecule has 0 saturated carbocycles. The van der Waals surface area contributed by atoms with E-state index in [0.717, 1.165) is 18.4 Å². The summed E-state index contributed by atoms with van der Waals surface area (Å²) in [6.45, 7) is 0. The summed E-state index contributed by atoms with van der Waals surface area (Å²) in [4.78, 5) is 12.0. The number of rotatable bonds is 4. The summed E-state index contributed by atoms with van der Waals surface area (Å²) >= 11 is 0. The smallest absolute Gasteiger partial charge is 0.279 e. The van der Waals surface area contributed by atoms with Crippen LogP contribution in [0.2, 0.25) is 0 Å². The van der Waals surface area contributed by atoms with E-state index in [2.05, 4.69) is 11.5 Å². The molecule has 0 spiro atoms. The van der Waals surface area contributed by atoms with Crippen molar-refractivity contribution in [2.45, 2.75) is 25.4 Å². The molecule has 3 rings (SSSR count). The highest BCUT2D eigenvalue weighted by atomic mass is 16.5. The number of fused-ring (bicyclic) bond motifs is 1. The van der Waals surface area contributed by atoms with Crippen LogP contribution in [0.3, 0.4) is 0 Å². The monoisotopic (exact) mass is 282 g/mol. The second-order valence-electron chi connectivity index (χ2n) is 5.20. The Morgan fingerprint density at radius 2 is 1.86 bits per heavy atom. The van der Waals surface area contributed by atoms with Gasteiger partial charge in [-0.15, -0.1) is 0 Å². The van der Waals surface area contributed by atoms with Crippen molar-refractivity contribution in [3.8, 4) is 5.75 Å². The molecule has 2 aromatic carbocycles. The Hall–Kier alpha value is -2.33. The highest BCUT2D eigenvalue weighted by Crippen LogP contribution is 2.29. The Morgan fingerprint density at radius 1 is 1.10 bits per heavy atom. The first-order valence-electron chi connectivity index (χ1n) is 7.12. The first-order valence-corrected chi connectivity index (χ1v) is 7.12. The molecule has 0 aromatic heterocycles. The number of nitrogens with two attached hydrogens (primary N) is 1. The van der Waals surface area contributed by atoms with Crippen LogP contribution in [0.4, 0.5) is 0 Å². The van der Waals surface area contributed by atoms with Crippen LogP contribution in [-0.4, -0.2) is 5.91 Å². The van der Waals surface area contributed by atoms with Crippen LogP contribution in [0.25, 0.3) is 0 Å². The van der Waals surface area contributed by atoms with E-state index in [4.69, 9.17) is 10.6 Å². The van der Waals surface area contributed by atoms with Crippen LogP contribution in [0.1, 0.15) is 29.2 Å². The van der Waals surface area contributed by atoms with E-state index in [1.807, 2.05) is 42.5 Å².